The molecule has 0 spiro atoms. The fourth-order valence-electron chi connectivity index (χ4n) is 2.61. The standard InChI is InChI=1S/C17H25NO4/c1-12(2)22-16-10-13(17(20)21-3)4-5-14(16)11-18-8-6-15(19)7-9-18/h4-5,10,12,15,19H,6-9,11H2,1-3H3. The number of carbonyl (C=O) groups is 1. The van der Waals surface area contributed by atoms with Crippen LogP contribution in [0.2, 0.25) is 0 Å². The van der Waals surface area contributed by atoms with Gasteiger partial charge in [0.25, 0.3) is 0 Å². The van der Waals surface area contributed by atoms with Crippen molar-refractivity contribution in [2.75, 3.05) is 20.2 Å². The van der Waals surface area contributed by atoms with Crippen LogP contribution < -0.4 is 4.74 Å². The molecular weight excluding hydrogens is 282 g/mol. The van der Waals surface area contributed by atoms with Crippen LogP contribution in [0.5, 0.6) is 5.75 Å². The maximum Gasteiger partial charge on any atom is 0.337 e. The number of carbonyl (C=O) groups excluding carboxylic acids is 1. The number of hydrogen-bond donors (Lipinski definition) is 1. The summed E-state index contributed by atoms with van der Waals surface area (Å²) in [7, 11) is 1.37. The van der Waals surface area contributed by atoms with Crippen molar-refractivity contribution in [3.05, 3.63) is 29.3 Å². The summed E-state index contributed by atoms with van der Waals surface area (Å²) >= 11 is 0. The average molecular weight is 307 g/mol. The van der Waals surface area contributed by atoms with Crippen molar-refractivity contribution in [2.45, 2.75) is 45.4 Å². The molecule has 1 heterocycles. The summed E-state index contributed by atoms with van der Waals surface area (Å²) in [6.45, 7) is 6.44. The highest BCUT2D eigenvalue weighted by Gasteiger charge is 2.19. The molecule has 22 heavy (non-hydrogen) atoms. The molecule has 0 saturated carbocycles. The van der Waals surface area contributed by atoms with Gasteiger partial charge in [-0.05, 0) is 38.8 Å². The van der Waals surface area contributed by atoms with Crippen molar-refractivity contribution in [3.63, 3.8) is 0 Å². The average Bonchev–Trinajstić information content (AvgIpc) is 2.50. The van der Waals surface area contributed by atoms with Gasteiger partial charge in [-0.15, -0.1) is 0 Å². The first kappa shape index (κ1) is 16.8. The number of methoxy groups -OCH3 is 1. The van der Waals surface area contributed by atoms with Crippen LogP contribution in [0.25, 0.3) is 0 Å². The van der Waals surface area contributed by atoms with E-state index in [2.05, 4.69) is 4.90 Å². The summed E-state index contributed by atoms with van der Waals surface area (Å²) in [6.07, 6.45) is 1.47. The number of hydrogen-bond acceptors (Lipinski definition) is 5. The molecule has 0 aromatic heterocycles. The van der Waals surface area contributed by atoms with E-state index in [1.165, 1.54) is 7.11 Å². The monoisotopic (exact) mass is 307 g/mol. The second-order valence-corrected chi connectivity index (χ2v) is 5.99. The summed E-state index contributed by atoms with van der Waals surface area (Å²) in [6, 6.07) is 5.45. The maximum absolute atomic E-state index is 11.7. The summed E-state index contributed by atoms with van der Waals surface area (Å²) in [5.74, 6) is 0.366. The molecule has 1 aliphatic heterocycles. The molecule has 0 radical (unpaired) electrons. The van der Waals surface area contributed by atoms with Gasteiger partial charge in [-0.25, -0.2) is 4.79 Å². The minimum atomic E-state index is -0.360. The lowest BCUT2D eigenvalue weighted by Crippen LogP contribution is -2.35. The van der Waals surface area contributed by atoms with Crippen LogP contribution >= 0.6 is 0 Å². The number of aliphatic hydroxyl groups excluding tert-OH is 1. The predicted octanol–water partition coefficient (Wildman–Crippen LogP) is 2.22. The highest BCUT2D eigenvalue weighted by atomic mass is 16.5. The van der Waals surface area contributed by atoms with Crippen molar-refractivity contribution in [2.24, 2.45) is 0 Å². The number of aliphatic hydroxyl groups is 1. The lowest BCUT2D eigenvalue weighted by molar-refractivity contribution is 0.0599. The maximum atomic E-state index is 11.7. The third-order valence-corrected chi connectivity index (χ3v) is 3.80. The van der Waals surface area contributed by atoms with Crippen LogP contribution in [0.1, 0.15) is 42.6 Å². The Morgan fingerprint density at radius 2 is 2.05 bits per heavy atom. The van der Waals surface area contributed by atoms with Gasteiger partial charge in [0.2, 0.25) is 0 Å². The zero-order valence-corrected chi connectivity index (χ0v) is 13.5. The van der Waals surface area contributed by atoms with Gasteiger partial charge in [-0.1, -0.05) is 6.07 Å². The molecule has 122 valence electrons. The Labute approximate surface area is 131 Å². The number of nitrogens with zero attached hydrogens (tertiary/aromatic N) is 1. The van der Waals surface area contributed by atoms with Crippen LogP contribution in [0, 0.1) is 0 Å². The van der Waals surface area contributed by atoms with E-state index in [9.17, 15) is 9.90 Å². The van der Waals surface area contributed by atoms with Gasteiger partial charge in [0.05, 0.1) is 24.9 Å². The fourth-order valence-corrected chi connectivity index (χ4v) is 2.61. The van der Waals surface area contributed by atoms with Crippen LogP contribution in [-0.2, 0) is 11.3 Å². The van der Waals surface area contributed by atoms with Crippen molar-refractivity contribution >= 4 is 5.97 Å². The van der Waals surface area contributed by atoms with Crippen LogP contribution in [0.4, 0.5) is 0 Å². The van der Waals surface area contributed by atoms with Crippen LogP contribution in [0.3, 0.4) is 0 Å². The quantitative estimate of drug-likeness (QED) is 0.845. The third-order valence-electron chi connectivity index (χ3n) is 3.80. The molecule has 1 aromatic rings. The number of piperidine rings is 1. The summed E-state index contributed by atoms with van der Waals surface area (Å²) < 4.78 is 10.6. The van der Waals surface area contributed by atoms with E-state index in [4.69, 9.17) is 9.47 Å². The number of likely N-dealkylation sites (tertiary alicyclic amines) is 1. The van der Waals surface area contributed by atoms with Gasteiger partial charge in [0.1, 0.15) is 5.75 Å². The molecule has 0 atom stereocenters. The zero-order valence-electron chi connectivity index (χ0n) is 13.5. The molecule has 2 rings (SSSR count). The molecule has 5 heteroatoms. The van der Waals surface area contributed by atoms with E-state index in [1.54, 1.807) is 12.1 Å². The molecule has 1 saturated heterocycles. The van der Waals surface area contributed by atoms with Crippen molar-refractivity contribution in [3.8, 4) is 5.75 Å². The topological polar surface area (TPSA) is 59.0 Å². The van der Waals surface area contributed by atoms with Gasteiger partial charge >= 0.3 is 5.97 Å². The molecule has 1 fully saturated rings. The Balaban J connectivity index is 2.16. The Bertz CT molecular complexity index is 507. The molecule has 1 aromatic carbocycles. The number of ether oxygens (including phenoxy) is 2. The second kappa shape index (κ2) is 7.61. The minimum absolute atomic E-state index is 0.0369. The number of esters is 1. The largest absolute Gasteiger partial charge is 0.491 e. The molecule has 5 nitrogen and oxygen atoms in total. The summed E-state index contributed by atoms with van der Waals surface area (Å²) in [5, 5.41) is 9.59. The molecular formula is C17H25NO4. The predicted molar refractivity (Wildman–Crippen MR) is 84.1 cm³/mol. The first-order chi connectivity index (χ1) is 10.5. The highest BCUT2D eigenvalue weighted by Crippen LogP contribution is 2.25. The van der Waals surface area contributed by atoms with E-state index in [0.717, 1.165) is 43.8 Å². The van der Waals surface area contributed by atoms with Crippen LogP contribution in [-0.4, -0.2) is 48.4 Å². The van der Waals surface area contributed by atoms with E-state index in [-0.39, 0.29) is 18.2 Å². The first-order valence-corrected chi connectivity index (χ1v) is 7.78. The van der Waals surface area contributed by atoms with Gasteiger partial charge < -0.3 is 14.6 Å². The van der Waals surface area contributed by atoms with Crippen molar-refractivity contribution in [1.29, 1.82) is 0 Å². The zero-order chi connectivity index (χ0) is 16.1. The number of benzene rings is 1. The lowest BCUT2D eigenvalue weighted by Gasteiger charge is -2.30. The summed E-state index contributed by atoms with van der Waals surface area (Å²) in [4.78, 5) is 14.0. The molecule has 1 aliphatic rings. The second-order valence-electron chi connectivity index (χ2n) is 5.99. The normalized spacial score (nSPS) is 16.8. The SMILES string of the molecule is COC(=O)c1ccc(CN2CCC(O)CC2)c(OC(C)C)c1. The molecule has 0 unspecified atom stereocenters. The van der Waals surface area contributed by atoms with Crippen LogP contribution in [0.15, 0.2) is 18.2 Å². The smallest absolute Gasteiger partial charge is 0.337 e. The fraction of sp³-hybridized carbons (Fsp3) is 0.588. The summed E-state index contributed by atoms with van der Waals surface area (Å²) in [5.41, 5.74) is 1.55. The molecule has 0 amide bonds. The Kier molecular flexibility index (Phi) is 5.80. The lowest BCUT2D eigenvalue weighted by atomic mass is 10.1. The molecule has 0 bridgehead atoms. The van der Waals surface area contributed by atoms with E-state index in [0.29, 0.717) is 5.56 Å². The van der Waals surface area contributed by atoms with E-state index < -0.39 is 0 Å². The third kappa shape index (κ3) is 4.45. The van der Waals surface area contributed by atoms with Crippen molar-refractivity contribution in [1.82, 2.24) is 4.90 Å². The van der Waals surface area contributed by atoms with Crippen molar-refractivity contribution < 1.29 is 19.4 Å². The number of rotatable bonds is 5. The minimum Gasteiger partial charge on any atom is -0.491 e. The van der Waals surface area contributed by atoms with Gasteiger partial charge in [0, 0.05) is 25.2 Å². The van der Waals surface area contributed by atoms with E-state index in [1.807, 2.05) is 19.9 Å². The van der Waals surface area contributed by atoms with Gasteiger partial charge in [-0.3, -0.25) is 4.90 Å². The van der Waals surface area contributed by atoms with Gasteiger partial charge in [0.15, 0.2) is 0 Å². The molecule has 0 aliphatic carbocycles. The Hall–Kier alpha value is -1.59. The Morgan fingerprint density at radius 3 is 2.64 bits per heavy atom. The Morgan fingerprint density at radius 1 is 1.36 bits per heavy atom. The highest BCUT2D eigenvalue weighted by molar-refractivity contribution is 5.89. The molecule has 1 N–H and O–H groups in total. The first-order valence-electron chi connectivity index (χ1n) is 7.78. The van der Waals surface area contributed by atoms with Gasteiger partial charge in [-0.2, -0.15) is 0 Å². The van der Waals surface area contributed by atoms with E-state index >= 15 is 0 Å².